The SMILES string of the molecule is C[C@H]1COC(C2C=CC=C2[Si](C)(C)C)=N1. The molecule has 1 aliphatic carbocycles. The van der Waals surface area contributed by atoms with Crippen molar-refractivity contribution >= 4 is 14.0 Å². The van der Waals surface area contributed by atoms with Gasteiger partial charge in [-0.1, -0.05) is 43.1 Å². The Labute approximate surface area is 92.8 Å². The van der Waals surface area contributed by atoms with Gasteiger partial charge in [-0.3, -0.25) is 0 Å². The fourth-order valence-corrected chi connectivity index (χ4v) is 3.83. The van der Waals surface area contributed by atoms with Gasteiger partial charge in [-0.25, -0.2) is 4.99 Å². The number of hydrogen-bond acceptors (Lipinski definition) is 2. The van der Waals surface area contributed by atoms with Crippen LogP contribution in [0.25, 0.3) is 0 Å². The Bertz CT molecular complexity index is 349. The summed E-state index contributed by atoms with van der Waals surface area (Å²) in [4.78, 5) is 4.56. The first kappa shape index (κ1) is 10.7. The van der Waals surface area contributed by atoms with Crippen molar-refractivity contribution in [1.82, 2.24) is 0 Å². The summed E-state index contributed by atoms with van der Waals surface area (Å²) in [5, 5.41) is 1.54. The van der Waals surface area contributed by atoms with Crippen molar-refractivity contribution in [1.29, 1.82) is 0 Å². The molecule has 2 rings (SSSR count). The second kappa shape index (κ2) is 3.63. The molecule has 0 aromatic rings. The van der Waals surface area contributed by atoms with E-state index in [0.29, 0.717) is 12.0 Å². The zero-order valence-electron chi connectivity index (χ0n) is 9.95. The van der Waals surface area contributed by atoms with Gasteiger partial charge in [0.2, 0.25) is 0 Å². The van der Waals surface area contributed by atoms with Gasteiger partial charge in [-0.2, -0.15) is 0 Å². The van der Waals surface area contributed by atoms with Gasteiger partial charge in [0.25, 0.3) is 0 Å². The summed E-state index contributed by atoms with van der Waals surface area (Å²) in [7, 11) is -1.24. The Kier molecular flexibility index (Phi) is 2.59. The first-order valence-corrected chi connectivity index (χ1v) is 9.08. The summed E-state index contributed by atoms with van der Waals surface area (Å²) in [5.41, 5.74) is 0. The zero-order chi connectivity index (χ0) is 11.1. The molecule has 2 atom stereocenters. The number of hydrogen-bond donors (Lipinski definition) is 0. The smallest absolute Gasteiger partial charge is 0.194 e. The first-order valence-electron chi connectivity index (χ1n) is 5.58. The third-order valence-electron chi connectivity index (χ3n) is 2.87. The van der Waals surface area contributed by atoms with Crippen LogP contribution in [0.5, 0.6) is 0 Å². The van der Waals surface area contributed by atoms with Gasteiger partial charge in [0.05, 0.1) is 20.0 Å². The standard InChI is InChI=1S/C12H19NOSi/c1-9-8-14-12(13-9)10-6-5-7-11(10)15(2,3)4/h5-7,9-10H,8H2,1-4H3/t9-,10?/m0/s1. The monoisotopic (exact) mass is 221 g/mol. The maximum absolute atomic E-state index is 5.65. The lowest BCUT2D eigenvalue weighted by molar-refractivity contribution is 0.312. The average Bonchev–Trinajstić information content (AvgIpc) is 2.68. The van der Waals surface area contributed by atoms with E-state index in [9.17, 15) is 0 Å². The number of nitrogens with zero attached hydrogens (tertiary/aromatic N) is 1. The molecule has 0 aromatic carbocycles. The predicted octanol–water partition coefficient (Wildman–Crippen LogP) is 2.79. The highest BCUT2D eigenvalue weighted by Gasteiger charge is 2.33. The Morgan fingerprint density at radius 3 is 2.67 bits per heavy atom. The van der Waals surface area contributed by atoms with Gasteiger partial charge < -0.3 is 4.74 Å². The van der Waals surface area contributed by atoms with Crippen molar-refractivity contribution < 1.29 is 4.74 Å². The van der Waals surface area contributed by atoms with Crippen LogP contribution in [0.2, 0.25) is 19.6 Å². The molecule has 0 amide bonds. The Morgan fingerprint density at radius 1 is 1.40 bits per heavy atom. The molecule has 0 saturated carbocycles. The number of aliphatic imine (C=N–C) groups is 1. The second-order valence-corrected chi connectivity index (χ2v) is 10.4. The lowest BCUT2D eigenvalue weighted by Gasteiger charge is -2.24. The van der Waals surface area contributed by atoms with Crippen LogP contribution in [0.1, 0.15) is 6.92 Å². The molecular weight excluding hydrogens is 202 g/mol. The predicted molar refractivity (Wildman–Crippen MR) is 66.9 cm³/mol. The average molecular weight is 221 g/mol. The quantitative estimate of drug-likeness (QED) is 0.657. The number of ether oxygens (including phenoxy) is 1. The summed E-state index contributed by atoms with van der Waals surface area (Å²) in [6, 6.07) is 0.330. The molecule has 15 heavy (non-hydrogen) atoms. The molecule has 0 aromatic heterocycles. The summed E-state index contributed by atoms with van der Waals surface area (Å²) in [6.07, 6.45) is 6.61. The van der Waals surface area contributed by atoms with Gasteiger partial charge in [0.1, 0.15) is 6.61 Å². The van der Waals surface area contributed by atoms with Crippen molar-refractivity contribution in [3.63, 3.8) is 0 Å². The van der Waals surface area contributed by atoms with Crippen LogP contribution in [0.4, 0.5) is 0 Å². The molecule has 0 spiro atoms. The maximum atomic E-state index is 5.65. The lowest BCUT2D eigenvalue weighted by Crippen LogP contribution is -2.31. The Morgan fingerprint density at radius 2 is 2.13 bits per heavy atom. The molecule has 2 aliphatic rings. The van der Waals surface area contributed by atoms with E-state index < -0.39 is 8.07 Å². The normalized spacial score (nSPS) is 30.1. The molecule has 1 heterocycles. The van der Waals surface area contributed by atoms with Crippen molar-refractivity contribution in [2.75, 3.05) is 6.61 Å². The van der Waals surface area contributed by atoms with E-state index >= 15 is 0 Å². The third-order valence-corrected chi connectivity index (χ3v) is 5.08. The molecule has 0 radical (unpaired) electrons. The van der Waals surface area contributed by atoms with Gasteiger partial charge in [-0.15, -0.1) is 0 Å². The van der Waals surface area contributed by atoms with E-state index in [4.69, 9.17) is 4.74 Å². The Balaban J connectivity index is 2.21. The highest BCUT2D eigenvalue weighted by Crippen LogP contribution is 2.31. The van der Waals surface area contributed by atoms with Crippen LogP contribution >= 0.6 is 0 Å². The third kappa shape index (κ3) is 2.07. The molecular formula is C12H19NOSi. The molecule has 0 N–H and O–H groups in total. The highest BCUT2D eigenvalue weighted by molar-refractivity contribution is 6.83. The summed E-state index contributed by atoms with van der Waals surface area (Å²) < 4.78 is 5.65. The largest absolute Gasteiger partial charge is 0.478 e. The first-order chi connectivity index (χ1) is 6.98. The lowest BCUT2D eigenvalue weighted by atomic mass is 10.2. The minimum absolute atomic E-state index is 0.330. The molecule has 3 heteroatoms. The van der Waals surface area contributed by atoms with Crippen molar-refractivity contribution in [3.05, 3.63) is 23.4 Å². The van der Waals surface area contributed by atoms with Gasteiger partial charge in [-0.05, 0) is 6.92 Å². The van der Waals surface area contributed by atoms with E-state index in [1.807, 2.05) is 0 Å². The summed E-state index contributed by atoms with van der Waals surface area (Å²) in [5.74, 6) is 1.27. The van der Waals surface area contributed by atoms with Gasteiger partial charge in [0.15, 0.2) is 5.90 Å². The van der Waals surface area contributed by atoms with Crippen LogP contribution < -0.4 is 0 Å². The topological polar surface area (TPSA) is 21.6 Å². The molecule has 0 fully saturated rings. The summed E-state index contributed by atoms with van der Waals surface area (Å²) >= 11 is 0. The minimum atomic E-state index is -1.24. The van der Waals surface area contributed by atoms with E-state index in [1.54, 1.807) is 0 Å². The molecule has 0 saturated heterocycles. The highest BCUT2D eigenvalue weighted by atomic mass is 28.3. The molecule has 82 valence electrons. The summed E-state index contributed by atoms with van der Waals surface area (Å²) in [6.45, 7) is 9.97. The molecule has 1 aliphatic heterocycles. The minimum Gasteiger partial charge on any atom is -0.478 e. The second-order valence-electron chi connectivity index (χ2n) is 5.36. The van der Waals surface area contributed by atoms with Crippen molar-refractivity contribution in [2.24, 2.45) is 10.9 Å². The molecule has 0 bridgehead atoms. The van der Waals surface area contributed by atoms with E-state index in [1.165, 1.54) is 5.20 Å². The van der Waals surface area contributed by atoms with E-state index in [2.05, 4.69) is 49.8 Å². The van der Waals surface area contributed by atoms with Crippen LogP contribution in [-0.2, 0) is 4.74 Å². The number of rotatable bonds is 2. The zero-order valence-corrected chi connectivity index (χ0v) is 10.9. The van der Waals surface area contributed by atoms with E-state index in [0.717, 1.165) is 12.5 Å². The van der Waals surface area contributed by atoms with E-state index in [-0.39, 0.29) is 0 Å². The van der Waals surface area contributed by atoms with Crippen LogP contribution in [0.3, 0.4) is 0 Å². The molecule has 1 unspecified atom stereocenters. The van der Waals surface area contributed by atoms with Crippen molar-refractivity contribution in [3.8, 4) is 0 Å². The fraction of sp³-hybridized carbons (Fsp3) is 0.583. The van der Waals surface area contributed by atoms with Crippen LogP contribution in [-0.4, -0.2) is 26.6 Å². The fourth-order valence-electron chi connectivity index (χ4n) is 2.08. The van der Waals surface area contributed by atoms with Gasteiger partial charge >= 0.3 is 0 Å². The molecule has 2 nitrogen and oxygen atoms in total. The van der Waals surface area contributed by atoms with Gasteiger partial charge in [0, 0.05) is 0 Å². The van der Waals surface area contributed by atoms with Crippen molar-refractivity contribution in [2.45, 2.75) is 32.6 Å². The van der Waals surface area contributed by atoms with Crippen LogP contribution in [0, 0.1) is 5.92 Å². The number of allylic oxidation sites excluding steroid dienone is 2. The maximum Gasteiger partial charge on any atom is 0.194 e. The van der Waals surface area contributed by atoms with Crippen LogP contribution in [0.15, 0.2) is 28.4 Å². The Hall–Kier alpha value is -0.833.